The molecule has 0 aromatic carbocycles. The second kappa shape index (κ2) is 8.39. The number of nitrogens with one attached hydrogen (secondary N) is 1. The third-order valence-corrected chi connectivity index (χ3v) is 4.38. The zero-order valence-electron chi connectivity index (χ0n) is 13.3. The maximum Gasteiger partial charge on any atom is 0.305 e. The molecule has 128 valence electrons. The predicted molar refractivity (Wildman–Crippen MR) is 90.2 cm³/mol. The lowest BCUT2D eigenvalue weighted by atomic mass is 10.1. The molecule has 0 spiro atoms. The number of aliphatic carboxylic acids is 1. The second-order valence-electron chi connectivity index (χ2n) is 5.27. The highest BCUT2D eigenvalue weighted by Gasteiger charge is 2.20. The molecule has 24 heavy (non-hydrogen) atoms. The monoisotopic (exact) mass is 349 g/mol. The molecule has 1 atom stereocenters. The molecule has 0 saturated carbocycles. The number of carboxylic acid groups (broad SMARTS) is 1. The van der Waals surface area contributed by atoms with E-state index in [0.29, 0.717) is 6.54 Å². The third-order valence-electron chi connectivity index (χ3n) is 3.39. The van der Waals surface area contributed by atoms with E-state index in [0.717, 1.165) is 17.7 Å². The first kappa shape index (κ1) is 17.9. The van der Waals surface area contributed by atoms with Gasteiger partial charge in [-0.25, -0.2) is 4.68 Å². The number of unbranched alkanes of at least 4 members (excludes halogenated alkanes) is 1. The van der Waals surface area contributed by atoms with Crippen molar-refractivity contribution in [3.63, 3.8) is 0 Å². The van der Waals surface area contributed by atoms with Crippen LogP contribution in [0.2, 0.25) is 0 Å². The van der Waals surface area contributed by atoms with E-state index in [-0.39, 0.29) is 17.7 Å². The molecule has 1 unspecified atom stereocenters. The average Bonchev–Trinajstić information content (AvgIpc) is 3.07. The highest BCUT2D eigenvalue weighted by molar-refractivity contribution is 7.10. The van der Waals surface area contributed by atoms with Crippen molar-refractivity contribution in [2.75, 3.05) is 0 Å². The number of carbonyl (C=O) groups excluding carboxylic acids is 1. The number of aryl methyl sites for hydroxylation is 1. The van der Waals surface area contributed by atoms with Crippen molar-refractivity contribution in [2.24, 2.45) is 0 Å². The topological polar surface area (TPSA) is 101 Å². The number of rotatable bonds is 8. The molecule has 8 heteroatoms. The zero-order chi connectivity index (χ0) is 17.5. The van der Waals surface area contributed by atoms with Gasteiger partial charge >= 0.3 is 5.97 Å². The van der Waals surface area contributed by atoms with Crippen LogP contribution in [0.5, 0.6) is 0 Å². The van der Waals surface area contributed by atoms with E-state index in [1.165, 1.54) is 28.2 Å². The van der Waals surface area contributed by atoms with Crippen LogP contribution < -0.4 is 10.9 Å². The summed E-state index contributed by atoms with van der Waals surface area (Å²) in [4.78, 5) is 35.9. The van der Waals surface area contributed by atoms with Crippen molar-refractivity contribution in [2.45, 2.75) is 38.8 Å². The molecule has 2 aromatic heterocycles. The number of hydrogen-bond donors (Lipinski definition) is 2. The van der Waals surface area contributed by atoms with Crippen LogP contribution >= 0.6 is 11.3 Å². The number of carboxylic acids is 1. The molecule has 2 N–H and O–H groups in total. The summed E-state index contributed by atoms with van der Waals surface area (Å²) in [6.07, 6.45) is 1.47. The van der Waals surface area contributed by atoms with E-state index in [1.54, 1.807) is 12.1 Å². The molecule has 0 saturated heterocycles. The van der Waals surface area contributed by atoms with Gasteiger partial charge in [-0.05, 0) is 23.9 Å². The van der Waals surface area contributed by atoms with Crippen LogP contribution in [-0.2, 0) is 11.3 Å². The summed E-state index contributed by atoms with van der Waals surface area (Å²) in [5.74, 6) is -1.51. The van der Waals surface area contributed by atoms with Crippen LogP contribution in [0.1, 0.15) is 47.6 Å². The molecule has 1 amide bonds. The molecule has 0 bridgehead atoms. The Bertz CT molecular complexity index is 755. The Morgan fingerprint density at radius 2 is 2.17 bits per heavy atom. The average molecular weight is 349 g/mol. The summed E-state index contributed by atoms with van der Waals surface area (Å²) < 4.78 is 1.26. The predicted octanol–water partition coefficient (Wildman–Crippen LogP) is 2.05. The maximum atomic E-state index is 12.4. The first-order valence-corrected chi connectivity index (χ1v) is 8.53. The SMILES string of the molecule is CCCCn1nc(C(=O)NC(CC(=O)O)c2cccs2)ccc1=O. The van der Waals surface area contributed by atoms with Gasteiger partial charge in [-0.2, -0.15) is 5.10 Å². The van der Waals surface area contributed by atoms with Gasteiger partial charge in [0.05, 0.1) is 12.5 Å². The van der Waals surface area contributed by atoms with E-state index in [1.807, 2.05) is 12.3 Å². The normalized spacial score (nSPS) is 11.9. The van der Waals surface area contributed by atoms with E-state index >= 15 is 0 Å². The van der Waals surface area contributed by atoms with Gasteiger partial charge in [-0.1, -0.05) is 19.4 Å². The summed E-state index contributed by atoms with van der Waals surface area (Å²) in [6, 6.07) is 5.59. The quantitative estimate of drug-likeness (QED) is 0.759. The third kappa shape index (κ3) is 4.76. The first-order chi connectivity index (χ1) is 11.5. The van der Waals surface area contributed by atoms with Gasteiger partial charge in [0.15, 0.2) is 0 Å². The van der Waals surface area contributed by atoms with Gasteiger partial charge in [-0.15, -0.1) is 11.3 Å². The van der Waals surface area contributed by atoms with Crippen molar-refractivity contribution >= 4 is 23.2 Å². The Morgan fingerprint density at radius 3 is 2.79 bits per heavy atom. The smallest absolute Gasteiger partial charge is 0.305 e. The van der Waals surface area contributed by atoms with Crippen molar-refractivity contribution < 1.29 is 14.7 Å². The number of carbonyl (C=O) groups is 2. The van der Waals surface area contributed by atoms with Gasteiger partial charge < -0.3 is 10.4 Å². The minimum absolute atomic E-state index is 0.0950. The van der Waals surface area contributed by atoms with Gasteiger partial charge in [-0.3, -0.25) is 14.4 Å². The van der Waals surface area contributed by atoms with E-state index < -0.39 is 17.9 Å². The highest BCUT2D eigenvalue weighted by Crippen LogP contribution is 2.22. The highest BCUT2D eigenvalue weighted by atomic mass is 32.1. The number of amides is 1. The summed E-state index contributed by atoms with van der Waals surface area (Å²) in [6.45, 7) is 2.44. The molecule has 0 radical (unpaired) electrons. The van der Waals surface area contributed by atoms with Gasteiger partial charge in [0.25, 0.3) is 11.5 Å². The van der Waals surface area contributed by atoms with Gasteiger partial charge in [0.2, 0.25) is 0 Å². The number of nitrogens with zero attached hydrogens (tertiary/aromatic N) is 2. The maximum absolute atomic E-state index is 12.4. The van der Waals surface area contributed by atoms with Gasteiger partial charge in [0, 0.05) is 17.5 Å². The molecule has 0 aliphatic heterocycles. The molecule has 2 rings (SSSR count). The van der Waals surface area contributed by atoms with Crippen molar-refractivity contribution in [3.8, 4) is 0 Å². The molecular formula is C16H19N3O4S. The van der Waals surface area contributed by atoms with E-state index in [9.17, 15) is 14.4 Å². The van der Waals surface area contributed by atoms with Crippen LogP contribution in [0.25, 0.3) is 0 Å². The first-order valence-electron chi connectivity index (χ1n) is 7.65. The standard InChI is InChI=1S/C16H19N3O4S/c1-2-3-8-19-14(20)7-6-11(18-19)16(23)17-12(10-15(21)22)13-5-4-9-24-13/h4-7,9,12H,2-3,8,10H2,1H3,(H,17,23)(H,21,22). The van der Waals surface area contributed by atoms with Crippen molar-refractivity contribution in [1.82, 2.24) is 15.1 Å². The molecule has 0 aliphatic rings. The fourth-order valence-electron chi connectivity index (χ4n) is 2.16. The summed E-state index contributed by atoms with van der Waals surface area (Å²) in [5.41, 5.74) is -0.169. The lowest BCUT2D eigenvalue weighted by Crippen LogP contribution is -2.33. The minimum Gasteiger partial charge on any atom is -0.481 e. The van der Waals surface area contributed by atoms with E-state index in [2.05, 4.69) is 10.4 Å². The molecule has 2 aromatic rings. The van der Waals surface area contributed by atoms with Gasteiger partial charge in [0.1, 0.15) is 5.69 Å². The van der Waals surface area contributed by atoms with Crippen molar-refractivity contribution in [3.05, 3.63) is 50.6 Å². The molecule has 2 heterocycles. The largest absolute Gasteiger partial charge is 0.481 e. The summed E-state index contributed by atoms with van der Waals surface area (Å²) in [7, 11) is 0. The summed E-state index contributed by atoms with van der Waals surface area (Å²) >= 11 is 1.37. The Morgan fingerprint density at radius 1 is 1.38 bits per heavy atom. The van der Waals surface area contributed by atoms with Crippen molar-refractivity contribution in [1.29, 1.82) is 0 Å². The lowest BCUT2D eigenvalue weighted by Gasteiger charge is -2.15. The molecule has 7 nitrogen and oxygen atoms in total. The Hall–Kier alpha value is -2.48. The second-order valence-corrected chi connectivity index (χ2v) is 6.25. The van der Waals surface area contributed by atoms with Crippen LogP contribution in [0.4, 0.5) is 0 Å². The molecule has 0 aliphatic carbocycles. The fraction of sp³-hybridized carbons (Fsp3) is 0.375. The Balaban J connectivity index is 2.17. The zero-order valence-corrected chi connectivity index (χ0v) is 14.1. The number of hydrogen-bond acceptors (Lipinski definition) is 5. The minimum atomic E-state index is -1.01. The lowest BCUT2D eigenvalue weighted by molar-refractivity contribution is -0.137. The van der Waals surface area contributed by atoms with Crippen LogP contribution in [0.3, 0.4) is 0 Å². The van der Waals surface area contributed by atoms with Crippen LogP contribution in [0.15, 0.2) is 34.4 Å². The Labute approximate surface area is 142 Å². The summed E-state index contributed by atoms with van der Waals surface area (Å²) in [5, 5.41) is 17.6. The van der Waals surface area contributed by atoms with E-state index in [4.69, 9.17) is 5.11 Å². The molecular weight excluding hydrogens is 330 g/mol. The fourth-order valence-corrected chi connectivity index (χ4v) is 2.94. The van der Waals surface area contributed by atoms with Crippen LogP contribution in [-0.4, -0.2) is 26.8 Å². The number of aromatic nitrogens is 2. The number of thiophene rings is 1. The van der Waals surface area contributed by atoms with Crippen LogP contribution in [0, 0.1) is 0 Å². The Kier molecular flexibility index (Phi) is 6.25. The molecule has 0 fully saturated rings.